The summed E-state index contributed by atoms with van der Waals surface area (Å²) >= 11 is 0. The summed E-state index contributed by atoms with van der Waals surface area (Å²) in [5, 5.41) is 4.06. The zero-order chi connectivity index (χ0) is 14.0. The topological polar surface area (TPSA) is 77.7 Å². The van der Waals surface area contributed by atoms with Crippen LogP contribution in [0, 0.1) is 6.92 Å². The third kappa shape index (κ3) is 3.17. The molecular weight excluding hydrogens is 264 g/mol. The third-order valence-corrected chi connectivity index (χ3v) is 4.01. The second kappa shape index (κ2) is 5.08. The minimum Gasteiger partial charge on any atom is -0.270 e. The molecule has 19 heavy (non-hydrogen) atoms. The zero-order valence-electron chi connectivity index (χ0n) is 11.1. The molecule has 0 aliphatic rings. The van der Waals surface area contributed by atoms with Crippen molar-refractivity contribution < 1.29 is 8.42 Å². The van der Waals surface area contributed by atoms with Gasteiger partial charge in [-0.2, -0.15) is 5.10 Å². The smallest absolute Gasteiger partial charge is 0.247 e. The predicted octanol–water partition coefficient (Wildman–Crippen LogP) is 1.54. The number of hydrogen-bond donors (Lipinski definition) is 0. The van der Waals surface area contributed by atoms with Crippen molar-refractivity contribution in [3.63, 3.8) is 0 Å². The van der Waals surface area contributed by atoms with E-state index >= 15 is 0 Å². The molecule has 0 fully saturated rings. The largest absolute Gasteiger partial charge is 0.270 e. The standard InChI is InChI=1S/C12H16N4O2S/c1-9(2)16-5-4-11(15-16)8-19(17,18)12-13-6-10(3)7-14-12/h4-7,9H,8H2,1-3H3. The monoisotopic (exact) mass is 280 g/mol. The molecule has 0 atom stereocenters. The van der Waals surface area contributed by atoms with Crippen LogP contribution in [0.3, 0.4) is 0 Å². The fraction of sp³-hybridized carbons (Fsp3) is 0.417. The molecule has 102 valence electrons. The van der Waals surface area contributed by atoms with Crippen molar-refractivity contribution in [2.24, 2.45) is 0 Å². The Morgan fingerprint density at radius 2 is 1.89 bits per heavy atom. The summed E-state index contributed by atoms with van der Waals surface area (Å²) in [5.74, 6) is -0.185. The van der Waals surface area contributed by atoms with Crippen LogP contribution in [0.5, 0.6) is 0 Å². The van der Waals surface area contributed by atoms with Crippen LogP contribution in [0.2, 0.25) is 0 Å². The lowest BCUT2D eigenvalue weighted by Crippen LogP contribution is -2.10. The first-order chi connectivity index (χ1) is 8.88. The van der Waals surface area contributed by atoms with Crippen molar-refractivity contribution in [2.75, 3.05) is 0 Å². The van der Waals surface area contributed by atoms with Crippen LogP contribution >= 0.6 is 0 Å². The Morgan fingerprint density at radius 3 is 2.42 bits per heavy atom. The van der Waals surface area contributed by atoms with Crippen molar-refractivity contribution in [1.29, 1.82) is 0 Å². The van der Waals surface area contributed by atoms with Crippen LogP contribution in [-0.2, 0) is 15.6 Å². The molecule has 0 aliphatic carbocycles. The Hall–Kier alpha value is -1.76. The van der Waals surface area contributed by atoms with E-state index in [1.165, 1.54) is 12.4 Å². The highest BCUT2D eigenvalue weighted by molar-refractivity contribution is 7.90. The molecule has 0 radical (unpaired) electrons. The van der Waals surface area contributed by atoms with E-state index in [1.54, 1.807) is 23.9 Å². The van der Waals surface area contributed by atoms with E-state index in [-0.39, 0.29) is 17.0 Å². The Labute approximate surface area is 112 Å². The molecule has 0 amide bonds. The number of rotatable bonds is 4. The molecule has 0 bridgehead atoms. The quantitative estimate of drug-likeness (QED) is 0.794. The molecule has 6 nitrogen and oxygen atoms in total. The summed E-state index contributed by atoms with van der Waals surface area (Å²) < 4.78 is 26.0. The van der Waals surface area contributed by atoms with Gasteiger partial charge < -0.3 is 0 Å². The molecule has 0 saturated carbocycles. The SMILES string of the molecule is Cc1cnc(S(=O)(=O)Cc2ccn(C(C)C)n2)nc1. The van der Waals surface area contributed by atoms with Crippen LogP contribution in [0.1, 0.15) is 31.1 Å². The van der Waals surface area contributed by atoms with E-state index < -0.39 is 9.84 Å². The molecule has 2 rings (SSSR count). The van der Waals surface area contributed by atoms with Gasteiger partial charge in [0.15, 0.2) is 0 Å². The second-order valence-electron chi connectivity index (χ2n) is 4.68. The van der Waals surface area contributed by atoms with Gasteiger partial charge in [0.05, 0.1) is 5.69 Å². The minimum absolute atomic E-state index is 0.155. The van der Waals surface area contributed by atoms with E-state index in [4.69, 9.17) is 0 Å². The first-order valence-electron chi connectivity index (χ1n) is 5.94. The molecule has 0 N–H and O–H groups in total. The molecular formula is C12H16N4O2S. The van der Waals surface area contributed by atoms with Gasteiger partial charge in [-0.25, -0.2) is 18.4 Å². The average molecular weight is 280 g/mol. The van der Waals surface area contributed by atoms with Gasteiger partial charge in [0, 0.05) is 24.6 Å². The fourth-order valence-corrected chi connectivity index (χ4v) is 2.64. The van der Waals surface area contributed by atoms with E-state index in [1.807, 2.05) is 13.8 Å². The Morgan fingerprint density at radius 1 is 1.26 bits per heavy atom. The Balaban J connectivity index is 2.23. The predicted molar refractivity (Wildman–Crippen MR) is 70.3 cm³/mol. The van der Waals surface area contributed by atoms with Gasteiger partial charge in [-0.15, -0.1) is 0 Å². The van der Waals surface area contributed by atoms with Crippen molar-refractivity contribution in [2.45, 2.75) is 37.7 Å². The number of aryl methyl sites for hydroxylation is 1. The summed E-state index contributed by atoms with van der Waals surface area (Å²) in [4.78, 5) is 7.71. The van der Waals surface area contributed by atoms with Gasteiger partial charge in [0.1, 0.15) is 5.75 Å². The molecule has 0 aromatic carbocycles. The van der Waals surface area contributed by atoms with Crippen LogP contribution in [-0.4, -0.2) is 28.2 Å². The minimum atomic E-state index is -3.54. The highest BCUT2D eigenvalue weighted by Crippen LogP contribution is 2.12. The van der Waals surface area contributed by atoms with Gasteiger partial charge in [0.25, 0.3) is 0 Å². The normalized spacial score (nSPS) is 12.0. The van der Waals surface area contributed by atoms with Crippen LogP contribution in [0.25, 0.3) is 0 Å². The summed E-state index contributed by atoms with van der Waals surface area (Å²) in [6, 6.07) is 1.90. The van der Waals surface area contributed by atoms with E-state index in [9.17, 15) is 8.42 Å². The maximum absolute atomic E-state index is 12.1. The van der Waals surface area contributed by atoms with Gasteiger partial charge in [-0.1, -0.05) is 0 Å². The van der Waals surface area contributed by atoms with Crippen molar-refractivity contribution in [3.05, 3.63) is 35.9 Å². The molecule has 7 heteroatoms. The molecule has 2 heterocycles. The molecule has 0 unspecified atom stereocenters. The van der Waals surface area contributed by atoms with Crippen molar-refractivity contribution in [1.82, 2.24) is 19.7 Å². The van der Waals surface area contributed by atoms with Crippen molar-refractivity contribution in [3.8, 4) is 0 Å². The van der Waals surface area contributed by atoms with E-state index in [2.05, 4.69) is 15.1 Å². The van der Waals surface area contributed by atoms with Gasteiger partial charge >= 0.3 is 0 Å². The molecule has 0 aliphatic heterocycles. The maximum atomic E-state index is 12.1. The Kier molecular flexibility index (Phi) is 3.66. The molecule has 0 saturated heterocycles. The number of nitrogens with zero attached hydrogens (tertiary/aromatic N) is 4. The summed E-state index contributed by atoms with van der Waals surface area (Å²) in [6.45, 7) is 5.77. The molecule has 2 aromatic rings. The summed E-state index contributed by atoms with van der Waals surface area (Å²) in [5.41, 5.74) is 1.32. The fourth-order valence-electron chi connectivity index (χ4n) is 1.54. The first-order valence-corrected chi connectivity index (χ1v) is 7.59. The van der Waals surface area contributed by atoms with Gasteiger partial charge in [-0.05, 0) is 32.4 Å². The lowest BCUT2D eigenvalue weighted by atomic mass is 10.4. The molecule has 2 aromatic heterocycles. The number of aromatic nitrogens is 4. The zero-order valence-corrected chi connectivity index (χ0v) is 11.9. The molecule has 0 spiro atoms. The number of sulfone groups is 1. The van der Waals surface area contributed by atoms with Crippen LogP contribution in [0.4, 0.5) is 0 Å². The first kappa shape index (κ1) is 13.7. The Bertz CT molecular complexity index is 659. The third-order valence-electron chi connectivity index (χ3n) is 2.57. The highest BCUT2D eigenvalue weighted by atomic mass is 32.2. The maximum Gasteiger partial charge on any atom is 0.247 e. The van der Waals surface area contributed by atoms with Crippen LogP contribution < -0.4 is 0 Å². The number of hydrogen-bond acceptors (Lipinski definition) is 5. The lowest BCUT2D eigenvalue weighted by Gasteiger charge is -2.04. The van der Waals surface area contributed by atoms with E-state index in [0.717, 1.165) is 5.56 Å². The lowest BCUT2D eigenvalue weighted by molar-refractivity contribution is 0.527. The highest BCUT2D eigenvalue weighted by Gasteiger charge is 2.20. The van der Waals surface area contributed by atoms with Gasteiger partial charge in [0.2, 0.25) is 15.0 Å². The van der Waals surface area contributed by atoms with E-state index in [0.29, 0.717) is 5.69 Å². The average Bonchev–Trinajstić information content (AvgIpc) is 2.77. The van der Waals surface area contributed by atoms with Gasteiger partial charge in [-0.3, -0.25) is 4.68 Å². The summed E-state index contributed by atoms with van der Waals surface area (Å²) in [7, 11) is -3.54. The second-order valence-corrected chi connectivity index (χ2v) is 6.57. The van der Waals surface area contributed by atoms with Crippen molar-refractivity contribution >= 4 is 9.84 Å². The summed E-state index contributed by atoms with van der Waals surface area (Å²) in [6.07, 6.45) is 4.75. The van der Waals surface area contributed by atoms with Crippen LogP contribution in [0.15, 0.2) is 29.8 Å².